The van der Waals surface area contributed by atoms with Gasteiger partial charge in [-0.2, -0.15) is 5.21 Å². The van der Waals surface area contributed by atoms with E-state index in [-0.39, 0.29) is 17.8 Å². The van der Waals surface area contributed by atoms with Gasteiger partial charge in [0.05, 0.1) is 0 Å². The number of tetrazole rings is 1. The van der Waals surface area contributed by atoms with Crippen LogP contribution in [0, 0.1) is 17.8 Å². The third kappa shape index (κ3) is 2.86. The summed E-state index contributed by atoms with van der Waals surface area (Å²) in [5, 5.41) is 16.2. The number of carbonyl (C=O) groups is 1. The fourth-order valence-electron chi connectivity index (χ4n) is 2.86. The molecule has 2 N–H and O–H groups in total. The molecule has 3 atom stereocenters. The van der Waals surface area contributed by atoms with Crippen molar-refractivity contribution >= 4 is 5.91 Å². The molecule has 0 bridgehead atoms. The number of aromatic nitrogens is 4. The third-order valence-electron chi connectivity index (χ3n) is 3.89. The summed E-state index contributed by atoms with van der Waals surface area (Å²) in [7, 11) is 0. The summed E-state index contributed by atoms with van der Waals surface area (Å²) in [6, 6.07) is 0.222. The molecule has 6 nitrogen and oxygen atoms in total. The van der Waals surface area contributed by atoms with Gasteiger partial charge in [0.1, 0.15) is 0 Å². The number of nitrogens with one attached hydrogen (secondary N) is 2. The minimum atomic E-state index is -0.228. The number of nitrogens with zero attached hydrogens (tertiary/aromatic N) is 3. The van der Waals surface area contributed by atoms with Crippen molar-refractivity contribution in [3.63, 3.8) is 0 Å². The Balaban J connectivity index is 2.02. The molecular formula is C12H21N5O. The number of H-pyrrole nitrogens is 1. The van der Waals surface area contributed by atoms with Crippen LogP contribution < -0.4 is 5.32 Å². The second-order valence-electron chi connectivity index (χ2n) is 5.64. The van der Waals surface area contributed by atoms with Gasteiger partial charge in [-0.05, 0) is 35.8 Å². The lowest BCUT2D eigenvalue weighted by atomic mass is 9.74. The van der Waals surface area contributed by atoms with Crippen LogP contribution >= 0.6 is 0 Å². The van der Waals surface area contributed by atoms with Gasteiger partial charge < -0.3 is 5.32 Å². The van der Waals surface area contributed by atoms with Crippen molar-refractivity contribution in [3.8, 4) is 0 Å². The van der Waals surface area contributed by atoms with E-state index in [9.17, 15) is 4.79 Å². The zero-order valence-corrected chi connectivity index (χ0v) is 11.2. The van der Waals surface area contributed by atoms with Crippen molar-refractivity contribution < 1.29 is 4.79 Å². The minimum absolute atomic E-state index is 0.121. The molecule has 1 aromatic heterocycles. The predicted octanol–water partition coefficient (Wildman–Crippen LogP) is 1.39. The molecule has 2 rings (SSSR count). The molecule has 3 unspecified atom stereocenters. The smallest absolute Gasteiger partial charge is 0.293 e. The van der Waals surface area contributed by atoms with Crippen molar-refractivity contribution in [3.05, 3.63) is 5.82 Å². The number of hydrogen-bond donors (Lipinski definition) is 2. The molecule has 1 amide bonds. The average Bonchev–Trinajstić information content (AvgIpc) is 2.81. The Morgan fingerprint density at radius 3 is 2.83 bits per heavy atom. The van der Waals surface area contributed by atoms with E-state index < -0.39 is 0 Å². The zero-order valence-electron chi connectivity index (χ0n) is 11.2. The van der Waals surface area contributed by atoms with E-state index in [1.165, 1.54) is 12.8 Å². The lowest BCUT2D eigenvalue weighted by Gasteiger charge is -2.37. The van der Waals surface area contributed by atoms with Crippen LogP contribution in [0.3, 0.4) is 0 Å². The first-order valence-electron chi connectivity index (χ1n) is 6.62. The lowest BCUT2D eigenvalue weighted by Crippen LogP contribution is -2.45. The van der Waals surface area contributed by atoms with Crippen LogP contribution in [0.2, 0.25) is 0 Å². The highest BCUT2D eigenvalue weighted by molar-refractivity contribution is 5.90. The van der Waals surface area contributed by atoms with Crippen LogP contribution in [0.1, 0.15) is 50.7 Å². The fourth-order valence-corrected chi connectivity index (χ4v) is 2.86. The van der Waals surface area contributed by atoms with Crippen LogP contribution in [-0.2, 0) is 0 Å². The summed E-state index contributed by atoms with van der Waals surface area (Å²) in [5.74, 6) is 1.67. The van der Waals surface area contributed by atoms with Gasteiger partial charge in [-0.25, -0.2) is 0 Å². The highest BCUT2D eigenvalue weighted by atomic mass is 16.2. The molecule has 1 saturated carbocycles. The maximum atomic E-state index is 12.0. The summed E-state index contributed by atoms with van der Waals surface area (Å²) in [6.07, 6.45) is 3.46. The summed E-state index contributed by atoms with van der Waals surface area (Å²) in [5.41, 5.74) is 0. The van der Waals surface area contributed by atoms with Crippen molar-refractivity contribution in [2.24, 2.45) is 17.8 Å². The summed E-state index contributed by atoms with van der Waals surface area (Å²) >= 11 is 0. The maximum absolute atomic E-state index is 12.0. The molecule has 6 heteroatoms. The van der Waals surface area contributed by atoms with Crippen molar-refractivity contribution in [2.75, 3.05) is 0 Å². The van der Waals surface area contributed by atoms with E-state index in [1.807, 2.05) is 0 Å². The van der Waals surface area contributed by atoms with Gasteiger partial charge in [-0.3, -0.25) is 4.79 Å². The molecule has 0 radical (unpaired) electrons. The van der Waals surface area contributed by atoms with E-state index >= 15 is 0 Å². The first-order valence-corrected chi connectivity index (χ1v) is 6.62. The van der Waals surface area contributed by atoms with Crippen LogP contribution in [0.4, 0.5) is 0 Å². The Morgan fingerprint density at radius 2 is 2.22 bits per heavy atom. The van der Waals surface area contributed by atoms with E-state index in [0.717, 1.165) is 6.42 Å². The normalized spacial score (nSPS) is 28.3. The second kappa shape index (κ2) is 5.46. The van der Waals surface area contributed by atoms with E-state index in [1.54, 1.807) is 0 Å². The van der Waals surface area contributed by atoms with Gasteiger partial charge in [0.15, 0.2) is 0 Å². The Hall–Kier alpha value is -1.46. The van der Waals surface area contributed by atoms with Crippen LogP contribution in [0.15, 0.2) is 0 Å². The predicted molar refractivity (Wildman–Crippen MR) is 66.8 cm³/mol. The lowest BCUT2D eigenvalue weighted by molar-refractivity contribution is 0.0857. The SMILES string of the molecule is CC1CCC(C(C)C)C(NC(=O)c2nn[nH]n2)C1. The quantitative estimate of drug-likeness (QED) is 0.850. The van der Waals surface area contributed by atoms with Gasteiger partial charge >= 0.3 is 0 Å². The Bertz CT molecular complexity index is 389. The average molecular weight is 251 g/mol. The van der Waals surface area contributed by atoms with E-state index in [4.69, 9.17) is 0 Å². The number of rotatable bonds is 3. The van der Waals surface area contributed by atoms with Crippen molar-refractivity contribution in [1.82, 2.24) is 25.9 Å². The maximum Gasteiger partial charge on any atom is 0.293 e. The highest BCUT2D eigenvalue weighted by Gasteiger charge is 2.32. The van der Waals surface area contributed by atoms with Crippen LogP contribution in [-0.4, -0.2) is 32.6 Å². The second-order valence-corrected chi connectivity index (χ2v) is 5.64. The molecule has 100 valence electrons. The van der Waals surface area contributed by atoms with Gasteiger partial charge in [-0.1, -0.05) is 27.2 Å². The van der Waals surface area contributed by atoms with Crippen molar-refractivity contribution in [2.45, 2.75) is 46.1 Å². The molecule has 1 aromatic rings. The topological polar surface area (TPSA) is 83.6 Å². The van der Waals surface area contributed by atoms with Gasteiger partial charge in [0, 0.05) is 6.04 Å². The Labute approximate surface area is 107 Å². The van der Waals surface area contributed by atoms with Gasteiger partial charge in [-0.15, -0.1) is 10.2 Å². The monoisotopic (exact) mass is 251 g/mol. The van der Waals surface area contributed by atoms with E-state index in [2.05, 4.69) is 46.7 Å². The molecule has 0 aliphatic heterocycles. The van der Waals surface area contributed by atoms with Crippen LogP contribution in [0.25, 0.3) is 0 Å². The molecule has 1 aliphatic rings. The van der Waals surface area contributed by atoms with Gasteiger partial charge in [0.25, 0.3) is 11.7 Å². The zero-order chi connectivity index (χ0) is 13.1. The highest BCUT2D eigenvalue weighted by Crippen LogP contribution is 2.33. The first kappa shape index (κ1) is 13.0. The molecular weight excluding hydrogens is 230 g/mol. The minimum Gasteiger partial charge on any atom is -0.346 e. The molecule has 1 aliphatic carbocycles. The molecule has 1 heterocycles. The van der Waals surface area contributed by atoms with Crippen LogP contribution in [0.5, 0.6) is 0 Å². The molecule has 1 fully saturated rings. The van der Waals surface area contributed by atoms with Gasteiger partial charge in [0.2, 0.25) is 0 Å². The number of hydrogen-bond acceptors (Lipinski definition) is 4. The molecule has 0 aromatic carbocycles. The third-order valence-corrected chi connectivity index (χ3v) is 3.89. The summed E-state index contributed by atoms with van der Waals surface area (Å²) in [4.78, 5) is 12.0. The number of carbonyl (C=O) groups excluding carboxylic acids is 1. The summed E-state index contributed by atoms with van der Waals surface area (Å²) in [6.45, 7) is 6.67. The largest absolute Gasteiger partial charge is 0.346 e. The fraction of sp³-hybridized carbons (Fsp3) is 0.833. The Morgan fingerprint density at radius 1 is 1.44 bits per heavy atom. The molecule has 0 saturated heterocycles. The number of amides is 1. The number of aromatic amines is 1. The first-order chi connectivity index (χ1) is 8.58. The Kier molecular flexibility index (Phi) is 3.93. The summed E-state index contributed by atoms with van der Waals surface area (Å²) < 4.78 is 0. The molecule has 18 heavy (non-hydrogen) atoms. The van der Waals surface area contributed by atoms with Crippen molar-refractivity contribution in [1.29, 1.82) is 0 Å². The van der Waals surface area contributed by atoms with E-state index in [0.29, 0.717) is 17.8 Å². The molecule has 0 spiro atoms. The standard InChI is InChI=1S/C12H21N5O/c1-7(2)9-5-4-8(3)6-10(9)13-12(18)11-14-16-17-15-11/h7-10H,4-6H2,1-3H3,(H,13,18)(H,14,15,16,17).